The first-order valence-corrected chi connectivity index (χ1v) is 7.50. The third-order valence-electron chi connectivity index (χ3n) is 3.15. The van der Waals surface area contributed by atoms with Crippen molar-refractivity contribution < 1.29 is 5.11 Å². The van der Waals surface area contributed by atoms with Crippen LogP contribution in [0, 0.1) is 6.92 Å². The van der Waals surface area contributed by atoms with E-state index in [1.54, 1.807) is 18.7 Å². The van der Waals surface area contributed by atoms with Gasteiger partial charge >= 0.3 is 0 Å². The maximum absolute atomic E-state index is 9.81. The molecule has 19 heavy (non-hydrogen) atoms. The van der Waals surface area contributed by atoms with E-state index in [1.165, 1.54) is 5.56 Å². The second-order valence-corrected chi connectivity index (χ2v) is 6.30. The van der Waals surface area contributed by atoms with Crippen LogP contribution in [0.2, 0.25) is 0 Å². The van der Waals surface area contributed by atoms with Crippen molar-refractivity contribution in [3.8, 4) is 0 Å². The average molecular weight is 279 g/mol. The predicted molar refractivity (Wildman–Crippen MR) is 80.5 cm³/mol. The largest absolute Gasteiger partial charge is 0.389 e. The van der Waals surface area contributed by atoms with Crippen LogP contribution in [0.1, 0.15) is 25.3 Å². The molecule has 2 aromatic rings. The molecule has 1 unspecified atom stereocenters. The lowest BCUT2D eigenvalue weighted by atomic mass is 10.0. The zero-order chi connectivity index (χ0) is 13.9. The SMILES string of the molecule is Cc1ccc2nc(SCCCC(C)(O)CN)[nH]c2c1. The Labute approximate surface area is 117 Å². The average Bonchev–Trinajstić information content (AvgIpc) is 2.76. The van der Waals surface area contributed by atoms with Crippen LogP contribution in [0.4, 0.5) is 0 Å². The minimum atomic E-state index is -0.744. The minimum Gasteiger partial charge on any atom is -0.389 e. The van der Waals surface area contributed by atoms with Crippen LogP contribution < -0.4 is 5.73 Å². The standard InChI is InChI=1S/C14H21N3OS/c1-10-4-5-11-12(8-10)17-13(16-11)19-7-3-6-14(2,18)9-15/h4-5,8,18H,3,6-7,9,15H2,1-2H3,(H,16,17). The summed E-state index contributed by atoms with van der Waals surface area (Å²) in [5, 5.41) is 10.7. The van der Waals surface area contributed by atoms with E-state index >= 15 is 0 Å². The Kier molecular flexibility index (Phi) is 4.50. The lowest BCUT2D eigenvalue weighted by molar-refractivity contribution is 0.0596. The molecule has 1 atom stereocenters. The second kappa shape index (κ2) is 5.94. The highest BCUT2D eigenvalue weighted by Gasteiger charge is 2.17. The molecule has 0 radical (unpaired) electrons. The molecule has 0 bridgehead atoms. The molecule has 4 nitrogen and oxygen atoms in total. The molecule has 5 heteroatoms. The molecule has 0 aliphatic rings. The summed E-state index contributed by atoms with van der Waals surface area (Å²) < 4.78 is 0. The van der Waals surface area contributed by atoms with Gasteiger partial charge in [-0.25, -0.2) is 4.98 Å². The quantitative estimate of drug-likeness (QED) is 0.561. The highest BCUT2D eigenvalue weighted by molar-refractivity contribution is 7.99. The third-order valence-corrected chi connectivity index (χ3v) is 4.11. The van der Waals surface area contributed by atoms with E-state index in [4.69, 9.17) is 5.73 Å². The van der Waals surface area contributed by atoms with Crippen molar-refractivity contribution in [2.45, 2.75) is 37.4 Å². The maximum atomic E-state index is 9.81. The normalized spacial score (nSPS) is 14.7. The lowest BCUT2D eigenvalue weighted by Crippen LogP contribution is -2.34. The van der Waals surface area contributed by atoms with Crippen LogP contribution in [0.25, 0.3) is 11.0 Å². The highest BCUT2D eigenvalue weighted by atomic mass is 32.2. The molecule has 0 spiro atoms. The molecular formula is C14H21N3OS. The number of imidazole rings is 1. The summed E-state index contributed by atoms with van der Waals surface area (Å²) in [6.07, 6.45) is 1.64. The number of hydrogen-bond acceptors (Lipinski definition) is 4. The van der Waals surface area contributed by atoms with Crippen molar-refractivity contribution in [3.05, 3.63) is 23.8 Å². The molecule has 0 amide bonds. The van der Waals surface area contributed by atoms with Crippen LogP contribution in [0.15, 0.2) is 23.4 Å². The molecule has 2 rings (SSSR count). The first-order valence-electron chi connectivity index (χ1n) is 6.52. The highest BCUT2D eigenvalue weighted by Crippen LogP contribution is 2.22. The van der Waals surface area contributed by atoms with Crippen molar-refractivity contribution in [2.75, 3.05) is 12.3 Å². The number of hydrogen-bond donors (Lipinski definition) is 3. The monoisotopic (exact) mass is 279 g/mol. The number of aliphatic hydroxyl groups is 1. The van der Waals surface area contributed by atoms with Crippen LogP contribution >= 0.6 is 11.8 Å². The topological polar surface area (TPSA) is 74.9 Å². The van der Waals surface area contributed by atoms with E-state index in [1.807, 2.05) is 6.07 Å². The molecule has 1 heterocycles. The predicted octanol–water partition coefficient (Wildman–Crippen LogP) is 2.45. The zero-order valence-corrected chi connectivity index (χ0v) is 12.3. The molecule has 1 aromatic heterocycles. The van der Waals surface area contributed by atoms with Crippen molar-refractivity contribution in [1.82, 2.24) is 9.97 Å². The molecule has 0 saturated heterocycles. The summed E-state index contributed by atoms with van der Waals surface area (Å²) in [5.41, 5.74) is 8.06. The Morgan fingerprint density at radius 1 is 1.47 bits per heavy atom. The van der Waals surface area contributed by atoms with E-state index < -0.39 is 5.60 Å². The number of nitrogens with one attached hydrogen (secondary N) is 1. The van der Waals surface area contributed by atoms with Gasteiger partial charge in [0.05, 0.1) is 16.6 Å². The van der Waals surface area contributed by atoms with E-state index in [-0.39, 0.29) is 0 Å². The van der Waals surface area contributed by atoms with Gasteiger partial charge in [0.1, 0.15) is 0 Å². The first-order chi connectivity index (χ1) is 9.00. The van der Waals surface area contributed by atoms with E-state index in [0.717, 1.165) is 34.8 Å². The van der Waals surface area contributed by atoms with Gasteiger partial charge in [-0.1, -0.05) is 17.8 Å². The smallest absolute Gasteiger partial charge is 0.166 e. The van der Waals surface area contributed by atoms with Crippen LogP contribution in [0.5, 0.6) is 0 Å². The summed E-state index contributed by atoms with van der Waals surface area (Å²) in [6, 6.07) is 6.20. The number of H-pyrrole nitrogens is 1. The number of aromatic nitrogens is 2. The van der Waals surface area contributed by atoms with Crippen molar-refractivity contribution in [1.29, 1.82) is 0 Å². The van der Waals surface area contributed by atoms with Gasteiger partial charge in [-0.15, -0.1) is 0 Å². The van der Waals surface area contributed by atoms with Gasteiger partial charge in [0.2, 0.25) is 0 Å². The Bertz CT molecular complexity index is 551. The van der Waals surface area contributed by atoms with Gasteiger partial charge in [-0.05, 0) is 44.4 Å². The molecule has 0 aliphatic heterocycles. The Morgan fingerprint density at radius 3 is 3.00 bits per heavy atom. The number of nitrogens with two attached hydrogens (primary N) is 1. The Balaban J connectivity index is 1.88. The number of aromatic amines is 1. The number of fused-ring (bicyclic) bond motifs is 1. The Morgan fingerprint density at radius 2 is 2.26 bits per heavy atom. The van der Waals surface area contributed by atoms with Gasteiger partial charge in [-0.3, -0.25) is 0 Å². The molecular weight excluding hydrogens is 258 g/mol. The zero-order valence-electron chi connectivity index (χ0n) is 11.4. The van der Waals surface area contributed by atoms with Gasteiger partial charge < -0.3 is 15.8 Å². The fourth-order valence-electron chi connectivity index (χ4n) is 1.89. The van der Waals surface area contributed by atoms with Crippen molar-refractivity contribution in [3.63, 3.8) is 0 Å². The van der Waals surface area contributed by atoms with Gasteiger partial charge in [0.25, 0.3) is 0 Å². The number of thioether (sulfide) groups is 1. The van der Waals surface area contributed by atoms with Gasteiger partial charge in [0, 0.05) is 12.3 Å². The van der Waals surface area contributed by atoms with Crippen molar-refractivity contribution in [2.24, 2.45) is 5.73 Å². The molecule has 4 N–H and O–H groups in total. The van der Waals surface area contributed by atoms with E-state index in [9.17, 15) is 5.11 Å². The lowest BCUT2D eigenvalue weighted by Gasteiger charge is -2.20. The number of benzene rings is 1. The third kappa shape index (κ3) is 3.96. The van der Waals surface area contributed by atoms with E-state index in [0.29, 0.717) is 6.54 Å². The molecule has 0 saturated carbocycles. The van der Waals surface area contributed by atoms with Crippen LogP contribution in [-0.2, 0) is 0 Å². The first kappa shape index (κ1) is 14.4. The van der Waals surface area contributed by atoms with Crippen LogP contribution in [-0.4, -0.2) is 33.0 Å². The number of rotatable bonds is 6. The summed E-state index contributed by atoms with van der Waals surface area (Å²) in [4.78, 5) is 7.84. The van der Waals surface area contributed by atoms with Crippen molar-refractivity contribution >= 4 is 22.8 Å². The summed E-state index contributed by atoms with van der Waals surface area (Å²) in [6.45, 7) is 4.16. The molecule has 1 aromatic carbocycles. The second-order valence-electron chi connectivity index (χ2n) is 5.22. The maximum Gasteiger partial charge on any atom is 0.166 e. The molecule has 104 valence electrons. The molecule has 0 fully saturated rings. The molecule has 0 aliphatic carbocycles. The van der Waals surface area contributed by atoms with Gasteiger partial charge in [-0.2, -0.15) is 0 Å². The number of nitrogens with zero attached hydrogens (tertiary/aromatic N) is 1. The summed E-state index contributed by atoms with van der Waals surface area (Å²) >= 11 is 1.68. The fourth-order valence-corrected chi connectivity index (χ4v) is 2.72. The Hall–Kier alpha value is -1.04. The van der Waals surface area contributed by atoms with E-state index in [2.05, 4.69) is 29.0 Å². The summed E-state index contributed by atoms with van der Waals surface area (Å²) in [7, 11) is 0. The fraction of sp³-hybridized carbons (Fsp3) is 0.500. The van der Waals surface area contributed by atoms with Gasteiger partial charge in [0.15, 0.2) is 5.16 Å². The minimum absolute atomic E-state index is 0.307. The summed E-state index contributed by atoms with van der Waals surface area (Å²) in [5.74, 6) is 0.926. The van der Waals surface area contributed by atoms with Crippen LogP contribution in [0.3, 0.4) is 0 Å². The number of aryl methyl sites for hydroxylation is 1.